The molecule has 160 valence electrons. The summed E-state index contributed by atoms with van der Waals surface area (Å²) in [6.45, 7) is 2.39. The zero-order chi connectivity index (χ0) is 22.0. The molecule has 3 aromatic rings. The molecule has 9 heteroatoms. The number of aromatic nitrogens is 1. The molecule has 0 bridgehead atoms. The Labute approximate surface area is 184 Å². The van der Waals surface area contributed by atoms with Gasteiger partial charge in [-0.15, -0.1) is 11.3 Å². The molecule has 0 unspecified atom stereocenters. The maximum Gasteiger partial charge on any atom is 0.250 e. The Hall–Kier alpha value is -3.04. The number of hydrogen-bond donors (Lipinski definition) is 1. The number of anilines is 2. The molecule has 0 atom stereocenters. The molecule has 0 saturated carbocycles. The van der Waals surface area contributed by atoms with Crippen LogP contribution in [0.1, 0.15) is 16.9 Å². The van der Waals surface area contributed by atoms with E-state index < -0.39 is 10.0 Å². The van der Waals surface area contributed by atoms with Crippen LogP contribution in [0, 0.1) is 12.7 Å². The molecule has 4 rings (SSSR count). The van der Waals surface area contributed by atoms with Gasteiger partial charge in [-0.05, 0) is 61.4 Å². The summed E-state index contributed by atoms with van der Waals surface area (Å²) in [6, 6.07) is 13.1. The van der Waals surface area contributed by atoms with Crippen LogP contribution in [0.5, 0.6) is 0 Å². The number of nitrogens with one attached hydrogen (secondary N) is 1. The van der Waals surface area contributed by atoms with Crippen molar-refractivity contribution in [2.24, 2.45) is 0 Å². The quantitative estimate of drug-likeness (QED) is 0.574. The minimum Gasteiger partial charge on any atom is -0.298 e. The Morgan fingerprint density at radius 2 is 1.87 bits per heavy atom. The van der Waals surface area contributed by atoms with Crippen LogP contribution in [-0.4, -0.2) is 31.6 Å². The van der Waals surface area contributed by atoms with Crippen molar-refractivity contribution in [3.8, 4) is 11.3 Å². The smallest absolute Gasteiger partial charge is 0.250 e. The molecule has 2 aromatic carbocycles. The first-order chi connectivity index (χ1) is 14.8. The number of rotatable bonds is 5. The number of amides is 1. The fourth-order valence-corrected chi connectivity index (χ4v) is 5.73. The van der Waals surface area contributed by atoms with E-state index in [4.69, 9.17) is 0 Å². The molecule has 1 saturated heterocycles. The lowest BCUT2D eigenvalue weighted by Gasteiger charge is -2.16. The fourth-order valence-electron chi connectivity index (χ4n) is 3.33. The van der Waals surface area contributed by atoms with Gasteiger partial charge in [0.15, 0.2) is 5.13 Å². The van der Waals surface area contributed by atoms with Gasteiger partial charge < -0.3 is 0 Å². The Kier molecular flexibility index (Phi) is 5.88. The van der Waals surface area contributed by atoms with Gasteiger partial charge in [0.1, 0.15) is 5.82 Å². The maximum absolute atomic E-state index is 13.1. The largest absolute Gasteiger partial charge is 0.298 e. The summed E-state index contributed by atoms with van der Waals surface area (Å²) in [5.41, 5.74) is 2.89. The highest BCUT2D eigenvalue weighted by Crippen LogP contribution is 2.30. The topological polar surface area (TPSA) is 79.4 Å². The highest BCUT2D eigenvalue weighted by molar-refractivity contribution is 7.93. The first-order valence-corrected chi connectivity index (χ1v) is 12.1. The molecular weight excluding hydrogens is 437 g/mol. The average Bonchev–Trinajstić information content (AvgIpc) is 3.28. The van der Waals surface area contributed by atoms with Crippen molar-refractivity contribution in [1.82, 2.24) is 4.98 Å². The van der Waals surface area contributed by atoms with Gasteiger partial charge in [-0.25, -0.2) is 17.8 Å². The zero-order valence-corrected chi connectivity index (χ0v) is 18.3. The molecular formula is C22H20FN3O3S2. The third kappa shape index (κ3) is 4.83. The minimum atomic E-state index is -3.21. The van der Waals surface area contributed by atoms with Crippen LogP contribution >= 0.6 is 11.3 Å². The second-order valence-electron chi connectivity index (χ2n) is 7.09. The van der Waals surface area contributed by atoms with E-state index in [0.29, 0.717) is 29.5 Å². The van der Waals surface area contributed by atoms with Crippen molar-refractivity contribution in [2.75, 3.05) is 21.9 Å². The summed E-state index contributed by atoms with van der Waals surface area (Å²) in [6.07, 6.45) is 3.68. The second kappa shape index (κ2) is 8.60. The molecule has 1 aliphatic heterocycles. The van der Waals surface area contributed by atoms with Gasteiger partial charge in [0.2, 0.25) is 15.9 Å². The van der Waals surface area contributed by atoms with E-state index in [9.17, 15) is 17.6 Å². The van der Waals surface area contributed by atoms with E-state index in [2.05, 4.69) is 10.3 Å². The molecule has 31 heavy (non-hydrogen) atoms. The highest BCUT2D eigenvalue weighted by Gasteiger charge is 2.28. The molecule has 0 aliphatic carbocycles. The summed E-state index contributed by atoms with van der Waals surface area (Å²) >= 11 is 1.35. The Bertz CT molecular complexity index is 1230. The van der Waals surface area contributed by atoms with E-state index in [1.165, 1.54) is 33.9 Å². The van der Waals surface area contributed by atoms with Crippen molar-refractivity contribution in [2.45, 2.75) is 13.3 Å². The fraction of sp³-hybridized carbons (Fsp3) is 0.182. The number of thiazole rings is 1. The molecule has 1 aliphatic rings. The molecule has 1 fully saturated rings. The summed E-state index contributed by atoms with van der Waals surface area (Å²) in [5, 5.41) is 3.20. The summed E-state index contributed by atoms with van der Waals surface area (Å²) < 4.78 is 38.6. The monoisotopic (exact) mass is 457 g/mol. The van der Waals surface area contributed by atoms with Gasteiger partial charge in [0.25, 0.3) is 0 Å². The van der Waals surface area contributed by atoms with Crippen molar-refractivity contribution in [1.29, 1.82) is 0 Å². The van der Waals surface area contributed by atoms with Gasteiger partial charge in [-0.2, -0.15) is 0 Å². The van der Waals surface area contributed by atoms with Crippen molar-refractivity contribution >= 4 is 44.2 Å². The van der Waals surface area contributed by atoms with Gasteiger partial charge in [-0.3, -0.25) is 14.4 Å². The molecule has 2 heterocycles. The number of halogens is 1. The Balaban J connectivity index is 1.41. The van der Waals surface area contributed by atoms with Gasteiger partial charge >= 0.3 is 0 Å². The van der Waals surface area contributed by atoms with Crippen LogP contribution in [0.3, 0.4) is 0 Å². The number of hydrogen-bond acceptors (Lipinski definition) is 5. The van der Waals surface area contributed by atoms with Gasteiger partial charge in [0.05, 0.1) is 17.1 Å². The molecule has 0 radical (unpaired) electrons. The summed E-state index contributed by atoms with van der Waals surface area (Å²) in [5.74, 6) is -0.468. The standard InChI is InChI=1S/C22H20FN3O3S2/c1-15-21(17-6-8-18(23)9-7-17)25-22(30-15)24-20(27)12-5-16-3-10-19(11-4-16)26-13-2-14-31(26,28)29/h3-12H,2,13-14H2,1H3,(H,24,25,27)/b12-5+. The van der Waals surface area contributed by atoms with Gasteiger partial charge in [-0.1, -0.05) is 12.1 Å². The van der Waals surface area contributed by atoms with E-state index >= 15 is 0 Å². The normalized spacial score (nSPS) is 15.5. The lowest BCUT2D eigenvalue weighted by Crippen LogP contribution is -2.24. The first kappa shape index (κ1) is 21.2. The van der Waals surface area contributed by atoms with E-state index in [0.717, 1.165) is 16.0 Å². The molecule has 0 spiro atoms. The number of benzene rings is 2. The lowest BCUT2D eigenvalue weighted by atomic mass is 10.1. The third-order valence-corrected chi connectivity index (χ3v) is 7.61. The van der Waals surface area contributed by atoms with E-state index in [-0.39, 0.29) is 17.5 Å². The second-order valence-corrected chi connectivity index (χ2v) is 10.3. The van der Waals surface area contributed by atoms with Crippen molar-refractivity contribution in [3.05, 3.63) is 70.9 Å². The molecule has 1 amide bonds. The van der Waals surface area contributed by atoms with Crippen molar-refractivity contribution in [3.63, 3.8) is 0 Å². The predicted molar refractivity (Wildman–Crippen MR) is 122 cm³/mol. The minimum absolute atomic E-state index is 0.175. The average molecular weight is 458 g/mol. The molecule has 6 nitrogen and oxygen atoms in total. The van der Waals surface area contributed by atoms with Crippen LogP contribution in [-0.2, 0) is 14.8 Å². The lowest BCUT2D eigenvalue weighted by molar-refractivity contribution is -0.111. The van der Waals surface area contributed by atoms with Crippen LogP contribution in [0.4, 0.5) is 15.2 Å². The van der Waals surface area contributed by atoms with Gasteiger partial charge in [0, 0.05) is 23.1 Å². The first-order valence-electron chi connectivity index (χ1n) is 9.65. The summed E-state index contributed by atoms with van der Waals surface area (Å²) in [7, 11) is -3.21. The number of sulfonamides is 1. The van der Waals surface area contributed by atoms with Crippen LogP contribution in [0.25, 0.3) is 17.3 Å². The number of aryl methyl sites for hydroxylation is 1. The Morgan fingerprint density at radius 1 is 1.16 bits per heavy atom. The van der Waals surface area contributed by atoms with Crippen LogP contribution < -0.4 is 9.62 Å². The Morgan fingerprint density at radius 3 is 2.52 bits per heavy atom. The number of carbonyl (C=O) groups is 1. The SMILES string of the molecule is Cc1sc(NC(=O)/C=C/c2ccc(N3CCCS3(=O)=O)cc2)nc1-c1ccc(F)cc1. The molecule has 1 aromatic heterocycles. The number of nitrogens with zero attached hydrogens (tertiary/aromatic N) is 2. The third-order valence-electron chi connectivity index (χ3n) is 4.85. The zero-order valence-electron chi connectivity index (χ0n) is 16.7. The van der Waals surface area contributed by atoms with Crippen molar-refractivity contribution < 1.29 is 17.6 Å². The highest BCUT2D eigenvalue weighted by atomic mass is 32.2. The van der Waals surface area contributed by atoms with Crippen LogP contribution in [0.15, 0.2) is 54.6 Å². The van der Waals surface area contributed by atoms with E-state index in [1.807, 2.05) is 6.92 Å². The molecule has 1 N–H and O–H groups in total. The predicted octanol–water partition coefficient (Wildman–Crippen LogP) is 4.45. The number of carbonyl (C=O) groups excluding carboxylic acids is 1. The van der Waals surface area contributed by atoms with E-state index in [1.54, 1.807) is 42.5 Å². The van der Waals surface area contributed by atoms with Crippen LogP contribution in [0.2, 0.25) is 0 Å². The maximum atomic E-state index is 13.1. The summed E-state index contributed by atoms with van der Waals surface area (Å²) in [4.78, 5) is 17.6.